The van der Waals surface area contributed by atoms with Crippen LogP contribution in [-0.4, -0.2) is 11.4 Å². The molecule has 20 heavy (non-hydrogen) atoms. The molecule has 0 heterocycles. The van der Waals surface area contributed by atoms with Crippen molar-refractivity contribution in [3.8, 4) is 6.07 Å². The zero-order valence-electron chi connectivity index (χ0n) is 12.8. The quantitative estimate of drug-likeness (QED) is 0.853. The summed E-state index contributed by atoms with van der Waals surface area (Å²) in [6.07, 6.45) is 0. The molecule has 0 saturated heterocycles. The Bertz CT molecular complexity index is 507. The van der Waals surface area contributed by atoms with Crippen LogP contribution in [0.4, 0.5) is 0 Å². The minimum atomic E-state index is -0.839. The molecule has 2 unspecified atom stereocenters. The van der Waals surface area contributed by atoms with Crippen molar-refractivity contribution in [1.29, 1.82) is 5.26 Å². The van der Waals surface area contributed by atoms with Gasteiger partial charge in [0.2, 0.25) is 5.91 Å². The van der Waals surface area contributed by atoms with Crippen molar-refractivity contribution in [2.75, 3.05) is 0 Å². The first-order valence-corrected chi connectivity index (χ1v) is 6.52. The number of rotatable bonds is 4. The molecule has 0 spiro atoms. The Kier molecular flexibility index (Phi) is 7.62. The van der Waals surface area contributed by atoms with Gasteiger partial charge in [-0.3, -0.25) is 4.79 Å². The summed E-state index contributed by atoms with van der Waals surface area (Å²) in [4.78, 5) is 12.3. The van der Waals surface area contributed by atoms with E-state index in [1.54, 1.807) is 13.0 Å². The molecule has 1 aromatic rings. The average molecular weight is 346 g/mol. The molecule has 3 nitrogen and oxygen atoms in total. The maximum Gasteiger partial charge on any atom is 3.00 e. The van der Waals surface area contributed by atoms with Crippen LogP contribution in [0.5, 0.6) is 0 Å². The number of amides is 1. The minimum Gasteiger partial charge on any atom is -0.337 e. The second-order valence-corrected chi connectivity index (χ2v) is 5.45. The summed E-state index contributed by atoms with van der Waals surface area (Å²) >= 11 is 0. The Morgan fingerprint density at radius 3 is 2.50 bits per heavy atom. The molecule has 0 aliphatic carbocycles. The van der Waals surface area contributed by atoms with Crippen molar-refractivity contribution >= 4 is 5.91 Å². The molecule has 1 N–H and O–H groups in total. The van der Waals surface area contributed by atoms with Crippen LogP contribution in [-0.2, 0) is 37.5 Å². The molecule has 1 rings (SSSR count). The van der Waals surface area contributed by atoms with E-state index in [-0.39, 0.29) is 50.5 Å². The molecule has 0 aliphatic heterocycles. The minimum absolute atomic E-state index is 0. The number of nitrogens with zero attached hydrogens (tertiary/aromatic N) is 1. The van der Waals surface area contributed by atoms with E-state index in [9.17, 15) is 10.1 Å². The van der Waals surface area contributed by atoms with Gasteiger partial charge in [-0.15, -0.1) is 5.56 Å². The molecule has 0 aliphatic rings. The van der Waals surface area contributed by atoms with Crippen LogP contribution in [0.3, 0.4) is 0 Å². The number of benzene rings is 1. The van der Waals surface area contributed by atoms with Crippen LogP contribution in [0.25, 0.3) is 0 Å². The second kappa shape index (κ2) is 7.91. The SMILES string of the molecule is Cc1ccc[c-]c1C(C)C(=O)NC(C)(C#N)C(C)C.[Y+3]. The maximum atomic E-state index is 12.3. The van der Waals surface area contributed by atoms with Gasteiger partial charge in [-0.2, -0.15) is 35.1 Å². The third-order valence-corrected chi connectivity index (χ3v) is 3.70. The molecule has 102 valence electrons. The molecular formula is C16H21N2OY+2. The fraction of sp³-hybridized carbons (Fsp3) is 0.500. The number of nitrogens with one attached hydrogen (secondary N) is 1. The third kappa shape index (κ3) is 4.40. The van der Waals surface area contributed by atoms with E-state index in [0.29, 0.717) is 0 Å². The zero-order valence-corrected chi connectivity index (χ0v) is 15.7. The van der Waals surface area contributed by atoms with Gasteiger partial charge in [0.25, 0.3) is 0 Å². The summed E-state index contributed by atoms with van der Waals surface area (Å²) in [6, 6.07) is 11.0. The molecule has 4 heteroatoms. The zero-order chi connectivity index (χ0) is 14.6. The smallest absolute Gasteiger partial charge is 0.337 e. The molecule has 0 saturated carbocycles. The summed E-state index contributed by atoms with van der Waals surface area (Å²) in [5, 5.41) is 12.1. The van der Waals surface area contributed by atoms with Crippen LogP contribution in [0, 0.1) is 30.2 Å². The Labute approximate surface area is 147 Å². The summed E-state index contributed by atoms with van der Waals surface area (Å²) in [5.41, 5.74) is 1.08. The number of aryl methyl sites for hydroxylation is 1. The topological polar surface area (TPSA) is 52.9 Å². The Morgan fingerprint density at radius 1 is 1.45 bits per heavy atom. The predicted octanol–water partition coefficient (Wildman–Crippen LogP) is 2.95. The fourth-order valence-corrected chi connectivity index (χ4v) is 1.80. The van der Waals surface area contributed by atoms with Gasteiger partial charge in [-0.1, -0.05) is 27.7 Å². The molecule has 0 aromatic heterocycles. The molecule has 1 aromatic carbocycles. The Balaban J connectivity index is 0.00000361. The number of carbonyl (C=O) groups excluding carboxylic acids is 1. The van der Waals surface area contributed by atoms with Crippen molar-refractivity contribution in [3.63, 3.8) is 0 Å². The first kappa shape index (κ1) is 19.3. The molecule has 0 fully saturated rings. The molecular weight excluding hydrogens is 325 g/mol. The van der Waals surface area contributed by atoms with Crippen molar-refractivity contribution in [1.82, 2.24) is 5.32 Å². The van der Waals surface area contributed by atoms with E-state index >= 15 is 0 Å². The Morgan fingerprint density at radius 2 is 2.05 bits per heavy atom. The van der Waals surface area contributed by atoms with Gasteiger partial charge in [0.1, 0.15) is 5.54 Å². The van der Waals surface area contributed by atoms with Gasteiger partial charge in [0.15, 0.2) is 0 Å². The molecule has 2 atom stereocenters. The van der Waals surface area contributed by atoms with Gasteiger partial charge in [0.05, 0.1) is 6.07 Å². The molecule has 0 bridgehead atoms. The van der Waals surface area contributed by atoms with Gasteiger partial charge in [-0.25, -0.2) is 0 Å². The van der Waals surface area contributed by atoms with Crippen LogP contribution in [0.1, 0.15) is 44.7 Å². The van der Waals surface area contributed by atoms with Crippen LogP contribution < -0.4 is 5.32 Å². The van der Waals surface area contributed by atoms with E-state index in [2.05, 4.69) is 17.5 Å². The fourth-order valence-electron chi connectivity index (χ4n) is 1.80. The van der Waals surface area contributed by atoms with Gasteiger partial charge >= 0.3 is 32.7 Å². The van der Waals surface area contributed by atoms with Gasteiger partial charge in [-0.05, 0) is 12.8 Å². The number of hydrogen-bond donors (Lipinski definition) is 1. The standard InChI is InChI=1S/C16H21N2O.Y/c1-11(2)16(5,10-17)18-15(19)13(4)14-9-7-6-8-12(14)3;/h6-8,11,13H,1-5H3,(H,18,19);/q-1;+3. The van der Waals surface area contributed by atoms with Crippen LogP contribution in [0.15, 0.2) is 18.2 Å². The first-order chi connectivity index (χ1) is 8.81. The van der Waals surface area contributed by atoms with Gasteiger partial charge < -0.3 is 5.32 Å². The monoisotopic (exact) mass is 346 g/mol. The van der Waals surface area contributed by atoms with E-state index < -0.39 is 5.54 Å². The van der Waals surface area contributed by atoms with E-state index in [1.165, 1.54) is 0 Å². The van der Waals surface area contributed by atoms with Crippen LogP contribution >= 0.6 is 0 Å². The molecule has 0 radical (unpaired) electrons. The summed E-state index contributed by atoms with van der Waals surface area (Å²) in [6.45, 7) is 9.40. The largest absolute Gasteiger partial charge is 3.00 e. The van der Waals surface area contributed by atoms with Crippen molar-refractivity contribution in [3.05, 3.63) is 35.4 Å². The normalized spacial score (nSPS) is 14.7. The van der Waals surface area contributed by atoms with Crippen LogP contribution in [0.2, 0.25) is 0 Å². The molecule has 1 amide bonds. The predicted molar refractivity (Wildman–Crippen MR) is 75.4 cm³/mol. The third-order valence-electron chi connectivity index (χ3n) is 3.70. The number of hydrogen-bond acceptors (Lipinski definition) is 2. The second-order valence-electron chi connectivity index (χ2n) is 5.45. The number of carbonyl (C=O) groups is 1. The maximum absolute atomic E-state index is 12.3. The van der Waals surface area contributed by atoms with E-state index in [4.69, 9.17) is 0 Å². The van der Waals surface area contributed by atoms with Crippen molar-refractivity contribution in [2.45, 2.75) is 46.1 Å². The average Bonchev–Trinajstić information content (AvgIpc) is 2.38. The Hall–Kier alpha value is -0.716. The van der Waals surface area contributed by atoms with E-state index in [1.807, 2.05) is 39.8 Å². The van der Waals surface area contributed by atoms with Crippen molar-refractivity contribution in [2.24, 2.45) is 5.92 Å². The summed E-state index contributed by atoms with van der Waals surface area (Å²) < 4.78 is 0. The van der Waals surface area contributed by atoms with E-state index in [0.717, 1.165) is 11.1 Å². The van der Waals surface area contributed by atoms with Gasteiger partial charge in [0, 0.05) is 5.92 Å². The number of nitriles is 1. The van der Waals surface area contributed by atoms with Crippen molar-refractivity contribution < 1.29 is 37.5 Å². The summed E-state index contributed by atoms with van der Waals surface area (Å²) in [5.74, 6) is -0.398. The summed E-state index contributed by atoms with van der Waals surface area (Å²) in [7, 11) is 0. The first-order valence-electron chi connectivity index (χ1n) is 6.52.